The van der Waals surface area contributed by atoms with Crippen LogP contribution in [-0.2, 0) is 13.1 Å². The first-order valence-corrected chi connectivity index (χ1v) is 7.67. The Morgan fingerprint density at radius 2 is 1.23 bits per heavy atom. The Kier molecular flexibility index (Phi) is 4.51. The van der Waals surface area contributed by atoms with Crippen molar-refractivity contribution in [1.82, 2.24) is 24.6 Å². The molecule has 114 valence electrons. The van der Waals surface area contributed by atoms with Gasteiger partial charge in [-0.2, -0.15) is 0 Å². The van der Waals surface area contributed by atoms with Gasteiger partial charge in [0.15, 0.2) is 0 Å². The number of nitrogens with zero attached hydrogens (tertiary/aromatic N) is 5. The fourth-order valence-corrected chi connectivity index (χ4v) is 2.37. The van der Waals surface area contributed by atoms with Crippen LogP contribution in [-0.4, -0.2) is 37.7 Å². The van der Waals surface area contributed by atoms with Crippen molar-refractivity contribution < 1.29 is 0 Å². The summed E-state index contributed by atoms with van der Waals surface area (Å²) in [6.07, 6.45) is 8.12. The van der Waals surface area contributed by atoms with E-state index in [9.17, 15) is 0 Å². The SMILES string of the molecule is CCN1[C]N(Cc2cccc(CN3[C]N(CC)C=C3)n2)C=C1. The minimum atomic E-state index is 0.741. The first-order valence-electron chi connectivity index (χ1n) is 7.67. The maximum atomic E-state index is 4.73. The van der Waals surface area contributed by atoms with Crippen LogP contribution in [0.1, 0.15) is 25.2 Å². The summed E-state index contributed by atoms with van der Waals surface area (Å²) < 4.78 is 0. The number of aromatic nitrogens is 1. The van der Waals surface area contributed by atoms with Gasteiger partial charge in [0.05, 0.1) is 24.5 Å². The second kappa shape index (κ2) is 6.73. The summed E-state index contributed by atoms with van der Waals surface area (Å²) in [5.74, 6) is 0. The third-order valence-electron chi connectivity index (χ3n) is 3.58. The molecule has 3 rings (SSSR count). The minimum absolute atomic E-state index is 0.741. The predicted octanol–water partition coefficient (Wildman–Crippen LogP) is 2.29. The standard InChI is InChI=1S/C17H21N5/c1-3-19-8-10-21(14-19)12-16-6-5-7-17(18-16)13-22-11-9-20(4-2)15-22/h5-11H,3-4,12-13H2,1-2H3. The van der Waals surface area contributed by atoms with E-state index in [-0.39, 0.29) is 0 Å². The van der Waals surface area contributed by atoms with E-state index in [4.69, 9.17) is 4.98 Å². The van der Waals surface area contributed by atoms with Gasteiger partial charge in [0.25, 0.3) is 0 Å². The third-order valence-corrected chi connectivity index (χ3v) is 3.58. The molecule has 1 aromatic rings. The molecule has 0 aromatic carbocycles. The molecule has 22 heavy (non-hydrogen) atoms. The number of rotatable bonds is 6. The molecular formula is C17H21N5. The van der Waals surface area contributed by atoms with Gasteiger partial charge in [0, 0.05) is 37.9 Å². The molecule has 5 heteroatoms. The molecule has 0 unspecified atom stereocenters. The molecular weight excluding hydrogens is 274 g/mol. The van der Waals surface area contributed by atoms with E-state index in [1.54, 1.807) is 0 Å². The van der Waals surface area contributed by atoms with Crippen LogP contribution in [0.15, 0.2) is 43.0 Å². The molecule has 0 aliphatic carbocycles. The molecule has 2 aliphatic heterocycles. The summed E-state index contributed by atoms with van der Waals surface area (Å²) in [5.41, 5.74) is 2.09. The number of pyridine rings is 1. The second-order valence-corrected chi connectivity index (χ2v) is 5.24. The van der Waals surface area contributed by atoms with Gasteiger partial charge >= 0.3 is 0 Å². The molecule has 2 aliphatic rings. The summed E-state index contributed by atoms with van der Waals surface area (Å²) >= 11 is 0. The van der Waals surface area contributed by atoms with Crippen LogP contribution in [0.5, 0.6) is 0 Å². The third kappa shape index (κ3) is 3.53. The maximum absolute atomic E-state index is 4.73. The van der Waals surface area contributed by atoms with Crippen LogP contribution >= 0.6 is 0 Å². The van der Waals surface area contributed by atoms with Gasteiger partial charge in [-0.15, -0.1) is 0 Å². The lowest BCUT2D eigenvalue weighted by atomic mass is 10.3. The molecule has 0 saturated carbocycles. The molecule has 5 nitrogen and oxygen atoms in total. The van der Waals surface area contributed by atoms with E-state index < -0.39 is 0 Å². The van der Waals surface area contributed by atoms with Gasteiger partial charge in [0.1, 0.15) is 0 Å². The van der Waals surface area contributed by atoms with Gasteiger partial charge in [-0.05, 0) is 26.0 Å². The molecule has 0 N–H and O–H groups in total. The lowest BCUT2D eigenvalue weighted by Gasteiger charge is -2.19. The van der Waals surface area contributed by atoms with Crippen LogP contribution in [0, 0.1) is 13.3 Å². The van der Waals surface area contributed by atoms with Gasteiger partial charge < -0.3 is 19.6 Å². The highest BCUT2D eigenvalue weighted by Crippen LogP contribution is 2.16. The van der Waals surface area contributed by atoms with Crippen molar-refractivity contribution >= 4 is 0 Å². The van der Waals surface area contributed by atoms with Gasteiger partial charge in [-0.25, -0.2) is 0 Å². The quantitative estimate of drug-likeness (QED) is 0.802. The van der Waals surface area contributed by atoms with E-state index in [1.807, 2.05) is 44.4 Å². The normalized spacial score (nSPS) is 17.2. The highest BCUT2D eigenvalue weighted by molar-refractivity contribution is 5.14. The van der Waals surface area contributed by atoms with Crippen LogP contribution in [0.4, 0.5) is 0 Å². The zero-order valence-corrected chi connectivity index (χ0v) is 13.1. The summed E-state index contributed by atoms with van der Waals surface area (Å²) in [7, 11) is 0. The highest BCUT2D eigenvalue weighted by atomic mass is 15.3. The zero-order chi connectivity index (χ0) is 15.4. The summed E-state index contributed by atoms with van der Waals surface area (Å²) in [5, 5.41) is 0. The molecule has 4 radical (unpaired) electrons. The molecule has 0 spiro atoms. The Labute approximate surface area is 133 Å². The van der Waals surface area contributed by atoms with Crippen molar-refractivity contribution in [3.05, 3.63) is 67.7 Å². The van der Waals surface area contributed by atoms with Crippen LogP contribution in [0.25, 0.3) is 0 Å². The van der Waals surface area contributed by atoms with E-state index >= 15 is 0 Å². The Hall–Kier alpha value is -2.17. The summed E-state index contributed by atoms with van der Waals surface area (Å²) in [4.78, 5) is 12.9. The Morgan fingerprint density at radius 1 is 0.773 bits per heavy atom. The fourth-order valence-electron chi connectivity index (χ4n) is 2.37. The second-order valence-electron chi connectivity index (χ2n) is 5.24. The first-order chi connectivity index (χ1) is 10.8. The van der Waals surface area contributed by atoms with Crippen molar-refractivity contribution in [3.8, 4) is 0 Å². The topological polar surface area (TPSA) is 25.9 Å². The lowest BCUT2D eigenvalue weighted by molar-refractivity contribution is 0.340. The van der Waals surface area contributed by atoms with E-state index in [0.29, 0.717) is 0 Å². The molecule has 1 aromatic heterocycles. The van der Waals surface area contributed by atoms with Gasteiger partial charge in [-0.3, -0.25) is 4.98 Å². The highest BCUT2D eigenvalue weighted by Gasteiger charge is 2.16. The van der Waals surface area contributed by atoms with E-state index in [2.05, 4.69) is 45.4 Å². The molecule has 0 atom stereocenters. The smallest absolute Gasteiger partial charge is 0.208 e. The largest absolute Gasteiger partial charge is 0.347 e. The molecule has 0 fully saturated rings. The van der Waals surface area contributed by atoms with Crippen LogP contribution in [0.3, 0.4) is 0 Å². The van der Waals surface area contributed by atoms with Crippen LogP contribution < -0.4 is 0 Å². The van der Waals surface area contributed by atoms with E-state index in [1.165, 1.54) is 0 Å². The van der Waals surface area contributed by atoms with E-state index in [0.717, 1.165) is 37.6 Å². The Morgan fingerprint density at radius 3 is 1.64 bits per heavy atom. The zero-order valence-electron chi connectivity index (χ0n) is 13.1. The van der Waals surface area contributed by atoms with Gasteiger partial charge in [0.2, 0.25) is 13.3 Å². The molecule has 0 bridgehead atoms. The summed E-state index contributed by atoms with van der Waals surface area (Å²) in [6.45, 7) is 14.1. The minimum Gasteiger partial charge on any atom is -0.347 e. The average Bonchev–Trinajstić information content (AvgIpc) is 3.16. The number of hydrogen-bond donors (Lipinski definition) is 0. The molecule has 0 saturated heterocycles. The predicted molar refractivity (Wildman–Crippen MR) is 84.8 cm³/mol. The monoisotopic (exact) mass is 295 g/mol. The fraction of sp³-hybridized carbons (Fsp3) is 0.353. The first kappa shape index (κ1) is 14.8. The Balaban J connectivity index is 1.57. The van der Waals surface area contributed by atoms with Crippen molar-refractivity contribution in [3.63, 3.8) is 0 Å². The molecule has 3 heterocycles. The van der Waals surface area contributed by atoms with Gasteiger partial charge in [-0.1, -0.05) is 6.07 Å². The average molecular weight is 295 g/mol. The Bertz CT molecular complexity index is 508. The van der Waals surface area contributed by atoms with Crippen molar-refractivity contribution in [2.24, 2.45) is 0 Å². The van der Waals surface area contributed by atoms with Crippen LogP contribution in [0.2, 0.25) is 0 Å². The summed E-state index contributed by atoms with van der Waals surface area (Å²) in [6, 6.07) is 6.17. The maximum Gasteiger partial charge on any atom is 0.208 e. The molecule has 0 amide bonds. The van der Waals surface area contributed by atoms with Crippen molar-refractivity contribution in [2.75, 3.05) is 13.1 Å². The van der Waals surface area contributed by atoms with Crippen molar-refractivity contribution in [1.29, 1.82) is 0 Å². The van der Waals surface area contributed by atoms with Crippen molar-refractivity contribution in [2.45, 2.75) is 26.9 Å². The lowest BCUT2D eigenvalue weighted by Crippen LogP contribution is -2.21. The number of hydrogen-bond acceptors (Lipinski definition) is 5.